The van der Waals surface area contributed by atoms with Crippen LogP contribution in [0.5, 0.6) is 0 Å². The summed E-state index contributed by atoms with van der Waals surface area (Å²) in [4.78, 5) is 0. The number of rotatable bonds is 5. The van der Waals surface area contributed by atoms with Crippen molar-refractivity contribution in [1.29, 1.82) is 0 Å². The van der Waals surface area contributed by atoms with Gasteiger partial charge >= 0.3 is 7.12 Å². The van der Waals surface area contributed by atoms with Gasteiger partial charge in [-0.3, -0.25) is 0 Å². The van der Waals surface area contributed by atoms with Crippen LogP contribution in [0.2, 0.25) is 24.1 Å². The summed E-state index contributed by atoms with van der Waals surface area (Å²) in [6, 6.07) is 4.00. The van der Waals surface area contributed by atoms with Crippen LogP contribution in [-0.2, 0) is 9.31 Å². The molecule has 1 aliphatic rings. The topological polar surface area (TPSA) is 18.5 Å². The molecule has 0 saturated carbocycles. The Bertz CT molecular complexity index is 421. The normalized spacial score (nSPS) is 21.3. The Morgan fingerprint density at radius 3 is 1.12 bits per heavy atom. The lowest BCUT2D eigenvalue weighted by Crippen LogP contribution is -2.48. The van der Waals surface area contributed by atoms with Crippen molar-refractivity contribution in [1.82, 2.24) is 0 Å². The van der Waals surface area contributed by atoms with E-state index in [1.807, 2.05) is 0 Å². The van der Waals surface area contributed by atoms with Gasteiger partial charge in [-0.25, -0.2) is 0 Å². The predicted octanol–water partition coefficient (Wildman–Crippen LogP) is 7.20. The van der Waals surface area contributed by atoms with E-state index in [0.29, 0.717) is 16.2 Å². The summed E-state index contributed by atoms with van der Waals surface area (Å²) in [7, 11) is -1.70. The zero-order chi connectivity index (χ0) is 20.8. The molecule has 26 heavy (non-hydrogen) atoms. The van der Waals surface area contributed by atoms with Crippen LogP contribution in [0.25, 0.3) is 0 Å². The zero-order valence-electron chi connectivity index (χ0n) is 20.2. The minimum atomic E-state index is -1.64. The molecule has 1 rings (SSSR count). The molecule has 0 aliphatic carbocycles. The molecule has 0 atom stereocenters. The molecule has 0 amide bonds. The van der Waals surface area contributed by atoms with Gasteiger partial charge in [0.05, 0.1) is 19.3 Å². The molecule has 0 radical (unpaired) electrons. The number of hydrogen-bond donors (Lipinski definition) is 0. The average Bonchev–Trinajstić information content (AvgIpc) is 2.35. The van der Waals surface area contributed by atoms with Gasteiger partial charge in [0, 0.05) is 0 Å². The first kappa shape index (κ1) is 24.2. The van der Waals surface area contributed by atoms with Crippen molar-refractivity contribution in [2.75, 3.05) is 0 Å². The first-order chi connectivity index (χ1) is 11.2. The van der Waals surface area contributed by atoms with E-state index in [0.717, 1.165) is 5.94 Å². The van der Waals surface area contributed by atoms with Crippen LogP contribution in [0, 0.1) is 16.2 Å². The van der Waals surface area contributed by atoms with Gasteiger partial charge in [-0.2, -0.15) is 0 Å². The van der Waals surface area contributed by atoms with E-state index in [-0.39, 0.29) is 18.3 Å². The lowest BCUT2D eigenvalue weighted by Gasteiger charge is -2.45. The van der Waals surface area contributed by atoms with Gasteiger partial charge in [-0.1, -0.05) is 80.4 Å². The average molecular weight is 383 g/mol. The summed E-state index contributed by atoms with van der Waals surface area (Å²) in [5.74, 6) is 1.12. The van der Waals surface area contributed by atoms with Crippen molar-refractivity contribution in [2.24, 2.45) is 16.2 Å². The minimum absolute atomic E-state index is 0.0567. The van der Waals surface area contributed by atoms with E-state index >= 15 is 0 Å². The van der Waals surface area contributed by atoms with Gasteiger partial charge in [0.15, 0.2) is 0 Å². The molecule has 0 aromatic heterocycles. The summed E-state index contributed by atoms with van der Waals surface area (Å²) >= 11 is 0. The third-order valence-electron chi connectivity index (χ3n) is 5.62. The first-order valence-electron chi connectivity index (χ1n) is 10.5. The molecular weight excluding hydrogens is 335 g/mol. The molecule has 0 spiro atoms. The summed E-state index contributed by atoms with van der Waals surface area (Å²) in [5.41, 5.74) is 0.553. The third-order valence-corrected chi connectivity index (χ3v) is 12.2. The second-order valence-electron chi connectivity index (χ2n) is 13.6. The smallest absolute Gasteiger partial charge is 0.403 e. The van der Waals surface area contributed by atoms with Gasteiger partial charge in [0.25, 0.3) is 0 Å². The van der Waals surface area contributed by atoms with Crippen molar-refractivity contribution in [3.05, 3.63) is 0 Å². The van der Waals surface area contributed by atoms with Crippen molar-refractivity contribution in [2.45, 2.75) is 125 Å². The fraction of sp³-hybridized carbons (Fsp3) is 1.00. The Kier molecular flexibility index (Phi) is 6.74. The van der Waals surface area contributed by atoms with Crippen molar-refractivity contribution in [3.63, 3.8) is 0 Å². The summed E-state index contributed by atoms with van der Waals surface area (Å²) in [5, 5.41) is 0. The molecule has 0 aromatic rings. The quantitative estimate of drug-likeness (QED) is 0.468. The maximum atomic E-state index is 6.48. The molecule has 1 heterocycles. The molecule has 0 N–H and O–H groups in total. The van der Waals surface area contributed by atoms with E-state index < -0.39 is 8.07 Å². The van der Waals surface area contributed by atoms with E-state index in [9.17, 15) is 0 Å². The molecule has 1 fully saturated rings. The monoisotopic (exact) mass is 382 g/mol. The van der Waals surface area contributed by atoms with Crippen molar-refractivity contribution < 1.29 is 9.31 Å². The molecule has 2 nitrogen and oxygen atoms in total. The fourth-order valence-electron chi connectivity index (χ4n) is 5.18. The van der Waals surface area contributed by atoms with Crippen LogP contribution < -0.4 is 0 Å². The lowest BCUT2D eigenvalue weighted by molar-refractivity contribution is 0.00578. The van der Waals surface area contributed by atoms with Crippen LogP contribution in [0.15, 0.2) is 0 Å². The SMILES string of the molecule is CC(C)(C)C[Si](CB1OC(C)(C)C(C)(C)O1)(CC(C)(C)C)CC(C)(C)C. The maximum absolute atomic E-state index is 6.48. The molecular formula is C22H47BO2Si. The highest BCUT2D eigenvalue weighted by atomic mass is 28.3. The Morgan fingerprint density at radius 1 is 0.615 bits per heavy atom. The molecule has 1 aliphatic heterocycles. The van der Waals surface area contributed by atoms with Gasteiger partial charge in [-0.15, -0.1) is 0 Å². The molecule has 154 valence electrons. The molecule has 0 bridgehead atoms. The largest absolute Gasteiger partial charge is 0.454 e. The van der Waals surface area contributed by atoms with Crippen molar-refractivity contribution >= 4 is 15.2 Å². The van der Waals surface area contributed by atoms with E-state index in [1.54, 1.807) is 0 Å². The summed E-state index contributed by atoms with van der Waals surface area (Å²) in [6.45, 7) is 30.4. The summed E-state index contributed by atoms with van der Waals surface area (Å²) < 4.78 is 13.0. The molecule has 1 saturated heterocycles. The van der Waals surface area contributed by atoms with Crippen LogP contribution in [-0.4, -0.2) is 26.4 Å². The highest BCUT2D eigenvalue weighted by molar-refractivity contribution is 6.88. The standard InChI is InChI=1S/C22H47BO2Si/c1-18(2,3)14-26(15-19(4,5)6,16-20(7,8)9)17-23-24-21(10,11)22(12,13)25-23/h14-17H2,1-13H3. The zero-order valence-corrected chi connectivity index (χ0v) is 21.2. The minimum Gasteiger partial charge on any atom is -0.403 e. The van der Waals surface area contributed by atoms with E-state index in [2.05, 4.69) is 90.0 Å². The van der Waals surface area contributed by atoms with Gasteiger partial charge < -0.3 is 9.31 Å². The van der Waals surface area contributed by atoms with E-state index in [4.69, 9.17) is 9.31 Å². The second kappa shape index (κ2) is 7.22. The molecule has 4 heteroatoms. The second-order valence-corrected chi connectivity index (χ2v) is 18.1. The Hall–Kier alpha value is 0.202. The lowest BCUT2D eigenvalue weighted by atomic mass is 9.90. The van der Waals surface area contributed by atoms with Gasteiger partial charge in [0.2, 0.25) is 0 Å². The van der Waals surface area contributed by atoms with E-state index in [1.165, 1.54) is 18.1 Å². The molecule has 0 unspecified atom stereocenters. The first-order valence-corrected chi connectivity index (χ1v) is 13.3. The van der Waals surface area contributed by atoms with Crippen molar-refractivity contribution in [3.8, 4) is 0 Å². The predicted molar refractivity (Wildman–Crippen MR) is 119 cm³/mol. The Balaban J connectivity index is 3.24. The number of hydrogen-bond acceptors (Lipinski definition) is 2. The van der Waals surface area contributed by atoms with Crippen LogP contribution in [0.3, 0.4) is 0 Å². The highest BCUT2D eigenvalue weighted by Crippen LogP contribution is 2.48. The van der Waals surface area contributed by atoms with Crippen LogP contribution in [0.1, 0.15) is 90.0 Å². The highest BCUT2D eigenvalue weighted by Gasteiger charge is 2.55. The Labute approximate surface area is 166 Å². The maximum Gasteiger partial charge on any atom is 0.454 e. The van der Waals surface area contributed by atoms with Crippen LogP contribution >= 0.6 is 0 Å². The van der Waals surface area contributed by atoms with Crippen LogP contribution in [0.4, 0.5) is 0 Å². The third kappa shape index (κ3) is 7.32. The van der Waals surface area contributed by atoms with Gasteiger partial charge in [-0.05, 0) is 49.9 Å². The van der Waals surface area contributed by atoms with Gasteiger partial charge in [0.1, 0.15) is 0 Å². The molecule has 0 aromatic carbocycles. The fourth-order valence-corrected chi connectivity index (χ4v) is 13.6. The summed E-state index contributed by atoms with van der Waals surface area (Å²) in [6.07, 6.45) is 0. The Morgan fingerprint density at radius 2 is 0.885 bits per heavy atom.